The Morgan fingerprint density at radius 2 is 1.62 bits per heavy atom. The number of rotatable bonds is 5. The second-order valence-electron chi connectivity index (χ2n) is 2.42. The molecule has 80 valence electrons. The van der Waals surface area contributed by atoms with Gasteiger partial charge in [-0.05, 0) is 0 Å². The fourth-order valence-electron chi connectivity index (χ4n) is 0.630. The zero-order valence-corrected chi connectivity index (χ0v) is 6.57. The van der Waals surface area contributed by atoms with Crippen LogP contribution in [-0.2, 0) is 4.74 Å². The van der Waals surface area contributed by atoms with Crippen LogP contribution in [-0.4, -0.2) is 37.0 Å². The van der Waals surface area contributed by atoms with E-state index in [0.29, 0.717) is 0 Å². The minimum Gasteiger partial charge on any atom is -0.394 e. The third-order valence-electron chi connectivity index (χ3n) is 1.01. The Morgan fingerprint density at radius 3 is 2.00 bits per heavy atom. The lowest BCUT2D eigenvalue weighted by Crippen LogP contribution is -2.31. The standard InChI is InChI=1S/C6H9F5O2/c7-5(8,3-6(9,10)11)4-13-2-1-12/h12H,1-4H2. The van der Waals surface area contributed by atoms with Gasteiger partial charge in [-0.1, -0.05) is 0 Å². The van der Waals surface area contributed by atoms with Crippen LogP contribution >= 0.6 is 0 Å². The van der Waals surface area contributed by atoms with Crippen LogP contribution in [0.5, 0.6) is 0 Å². The van der Waals surface area contributed by atoms with E-state index < -0.39 is 38.3 Å². The highest BCUT2D eigenvalue weighted by molar-refractivity contribution is 4.70. The Hall–Kier alpha value is -0.430. The van der Waals surface area contributed by atoms with Gasteiger partial charge in [-0.25, -0.2) is 8.78 Å². The smallest absolute Gasteiger partial charge is 0.394 e. The fraction of sp³-hybridized carbons (Fsp3) is 1.00. The van der Waals surface area contributed by atoms with Crippen molar-refractivity contribution in [1.82, 2.24) is 0 Å². The third-order valence-corrected chi connectivity index (χ3v) is 1.01. The summed E-state index contributed by atoms with van der Waals surface area (Å²) in [7, 11) is 0. The molecule has 0 radical (unpaired) electrons. The van der Waals surface area contributed by atoms with Gasteiger partial charge < -0.3 is 9.84 Å². The van der Waals surface area contributed by atoms with Crippen LogP contribution in [0, 0.1) is 0 Å². The number of aliphatic hydroxyl groups excluding tert-OH is 1. The lowest BCUT2D eigenvalue weighted by Gasteiger charge is -2.17. The van der Waals surface area contributed by atoms with Crippen LogP contribution in [0.1, 0.15) is 6.42 Å². The van der Waals surface area contributed by atoms with Gasteiger partial charge in [0.2, 0.25) is 0 Å². The van der Waals surface area contributed by atoms with Gasteiger partial charge in [0, 0.05) is 0 Å². The predicted octanol–water partition coefficient (Wildman–Crippen LogP) is 1.58. The molecule has 0 unspecified atom stereocenters. The molecule has 0 rings (SSSR count). The molecule has 0 aromatic carbocycles. The van der Waals surface area contributed by atoms with E-state index in [4.69, 9.17) is 5.11 Å². The highest BCUT2D eigenvalue weighted by Crippen LogP contribution is 2.31. The monoisotopic (exact) mass is 208 g/mol. The Labute approximate surface area is 71.3 Å². The van der Waals surface area contributed by atoms with E-state index in [0.717, 1.165) is 0 Å². The Bertz CT molecular complexity index is 144. The molecule has 0 aliphatic heterocycles. The number of ether oxygens (including phenoxy) is 1. The van der Waals surface area contributed by atoms with Gasteiger partial charge in [-0.15, -0.1) is 0 Å². The van der Waals surface area contributed by atoms with E-state index in [1.54, 1.807) is 0 Å². The molecule has 13 heavy (non-hydrogen) atoms. The highest BCUT2D eigenvalue weighted by atomic mass is 19.4. The molecule has 0 bridgehead atoms. The topological polar surface area (TPSA) is 29.5 Å². The Balaban J connectivity index is 3.80. The summed E-state index contributed by atoms with van der Waals surface area (Å²) in [5.74, 6) is -3.92. The second kappa shape index (κ2) is 4.71. The molecule has 1 N–H and O–H groups in total. The zero-order chi connectivity index (χ0) is 10.5. The second-order valence-corrected chi connectivity index (χ2v) is 2.42. The molecule has 0 aliphatic carbocycles. The summed E-state index contributed by atoms with van der Waals surface area (Å²) in [5.41, 5.74) is 0. The molecule has 0 heterocycles. The van der Waals surface area contributed by atoms with Crippen molar-refractivity contribution in [3.05, 3.63) is 0 Å². The molecule has 0 spiro atoms. The molecular weight excluding hydrogens is 199 g/mol. The van der Waals surface area contributed by atoms with Gasteiger partial charge in [-0.2, -0.15) is 13.2 Å². The van der Waals surface area contributed by atoms with Crippen molar-refractivity contribution >= 4 is 0 Å². The van der Waals surface area contributed by atoms with Gasteiger partial charge in [-0.3, -0.25) is 0 Å². The van der Waals surface area contributed by atoms with Crippen molar-refractivity contribution in [3.8, 4) is 0 Å². The molecule has 0 atom stereocenters. The minimum absolute atomic E-state index is 0.395. The van der Waals surface area contributed by atoms with Gasteiger partial charge in [0.1, 0.15) is 13.0 Å². The van der Waals surface area contributed by atoms with E-state index in [-0.39, 0.29) is 0 Å². The van der Waals surface area contributed by atoms with Crippen LogP contribution in [0.3, 0.4) is 0 Å². The molecule has 0 amide bonds. The average molecular weight is 208 g/mol. The largest absolute Gasteiger partial charge is 0.394 e. The Morgan fingerprint density at radius 1 is 1.08 bits per heavy atom. The normalized spacial score (nSPS) is 13.4. The van der Waals surface area contributed by atoms with Gasteiger partial charge in [0.25, 0.3) is 5.92 Å². The minimum atomic E-state index is -4.91. The van der Waals surface area contributed by atoms with E-state index in [2.05, 4.69) is 4.74 Å². The first-order valence-corrected chi connectivity index (χ1v) is 3.40. The van der Waals surface area contributed by atoms with E-state index in [1.807, 2.05) is 0 Å². The van der Waals surface area contributed by atoms with Crippen molar-refractivity contribution < 1.29 is 31.8 Å². The number of halogens is 5. The van der Waals surface area contributed by atoms with Crippen LogP contribution in [0.4, 0.5) is 22.0 Å². The van der Waals surface area contributed by atoms with Crippen LogP contribution in [0.15, 0.2) is 0 Å². The lowest BCUT2D eigenvalue weighted by molar-refractivity contribution is -0.201. The molecule has 2 nitrogen and oxygen atoms in total. The molecule has 0 aromatic rings. The number of hydrogen-bond acceptors (Lipinski definition) is 2. The lowest BCUT2D eigenvalue weighted by atomic mass is 10.2. The van der Waals surface area contributed by atoms with Gasteiger partial charge >= 0.3 is 6.18 Å². The quantitative estimate of drug-likeness (QED) is 0.549. The molecule has 0 aliphatic rings. The van der Waals surface area contributed by atoms with Crippen LogP contribution in [0.25, 0.3) is 0 Å². The summed E-state index contributed by atoms with van der Waals surface area (Å²) in [6, 6.07) is 0. The van der Waals surface area contributed by atoms with Gasteiger partial charge in [0.15, 0.2) is 0 Å². The maximum absolute atomic E-state index is 12.3. The first-order chi connectivity index (χ1) is 5.77. The molecule has 0 aromatic heterocycles. The fourth-order valence-corrected chi connectivity index (χ4v) is 0.630. The SMILES string of the molecule is OCCOCC(F)(F)CC(F)(F)F. The third kappa shape index (κ3) is 7.92. The molecule has 0 fully saturated rings. The molecule has 0 saturated heterocycles. The highest BCUT2D eigenvalue weighted by Gasteiger charge is 2.43. The Kier molecular flexibility index (Phi) is 4.55. The number of hydrogen-bond donors (Lipinski definition) is 1. The van der Waals surface area contributed by atoms with Crippen LogP contribution < -0.4 is 0 Å². The zero-order valence-electron chi connectivity index (χ0n) is 6.57. The number of aliphatic hydroxyl groups is 1. The first kappa shape index (κ1) is 12.6. The maximum Gasteiger partial charge on any atom is 0.394 e. The molecular formula is C6H9F5O2. The van der Waals surface area contributed by atoms with Crippen LogP contribution in [0.2, 0.25) is 0 Å². The summed E-state index contributed by atoms with van der Waals surface area (Å²) < 4.78 is 63.2. The summed E-state index contributed by atoms with van der Waals surface area (Å²) in [6.07, 6.45) is -7.11. The van der Waals surface area contributed by atoms with Crippen molar-refractivity contribution in [1.29, 1.82) is 0 Å². The average Bonchev–Trinajstić information content (AvgIpc) is 1.81. The summed E-state index contributed by atoms with van der Waals surface area (Å²) >= 11 is 0. The van der Waals surface area contributed by atoms with Crippen molar-refractivity contribution in [2.24, 2.45) is 0 Å². The van der Waals surface area contributed by atoms with Gasteiger partial charge in [0.05, 0.1) is 13.2 Å². The van der Waals surface area contributed by atoms with E-state index in [1.165, 1.54) is 0 Å². The summed E-state index contributed by atoms with van der Waals surface area (Å²) in [5, 5.41) is 8.10. The number of alkyl halides is 5. The maximum atomic E-state index is 12.3. The molecule has 7 heteroatoms. The van der Waals surface area contributed by atoms with Crippen molar-refractivity contribution in [2.75, 3.05) is 19.8 Å². The summed E-state index contributed by atoms with van der Waals surface area (Å²) in [4.78, 5) is 0. The van der Waals surface area contributed by atoms with E-state index in [9.17, 15) is 22.0 Å². The predicted molar refractivity (Wildman–Crippen MR) is 33.5 cm³/mol. The van der Waals surface area contributed by atoms with E-state index >= 15 is 0 Å². The summed E-state index contributed by atoms with van der Waals surface area (Å²) in [6.45, 7) is -2.22. The van der Waals surface area contributed by atoms with Crippen molar-refractivity contribution in [3.63, 3.8) is 0 Å². The first-order valence-electron chi connectivity index (χ1n) is 3.40. The molecule has 0 saturated carbocycles. The van der Waals surface area contributed by atoms with Crippen molar-refractivity contribution in [2.45, 2.75) is 18.5 Å².